The lowest BCUT2D eigenvalue weighted by Crippen LogP contribution is -2.07. The number of hydrogen-bond donors (Lipinski definition) is 3. The second-order valence-corrected chi connectivity index (χ2v) is 5.70. The van der Waals surface area contributed by atoms with Crippen LogP contribution in [0.2, 0.25) is 0 Å². The summed E-state index contributed by atoms with van der Waals surface area (Å²) in [6, 6.07) is 0. The Kier molecular flexibility index (Phi) is 6.39. The van der Waals surface area contributed by atoms with Crippen LogP contribution in [0, 0.1) is 0 Å². The van der Waals surface area contributed by atoms with Crippen LogP contribution in [0.5, 0.6) is 0 Å². The first-order chi connectivity index (χ1) is 9.40. The molecule has 0 aliphatic carbocycles. The van der Waals surface area contributed by atoms with Crippen LogP contribution in [0.4, 0.5) is 0 Å². The standard InChI is InChI=1S/C13H17O6P/c14-11(15)4-1-8-7-20-10(3-6-13(18)19)9(8)2-5-12(16)17/h1-7H2,(H,14,15)(H,16,17)(H,18,19). The molecule has 0 spiro atoms. The minimum atomic E-state index is -0.906. The molecule has 0 radical (unpaired) electrons. The largest absolute Gasteiger partial charge is 0.481 e. The van der Waals surface area contributed by atoms with Crippen molar-refractivity contribution in [2.24, 2.45) is 0 Å². The molecule has 0 aromatic heterocycles. The number of carbonyl (C=O) groups is 3. The summed E-state index contributed by atoms with van der Waals surface area (Å²) in [7, 11) is 0.979. The van der Waals surface area contributed by atoms with Crippen molar-refractivity contribution in [1.29, 1.82) is 0 Å². The van der Waals surface area contributed by atoms with Crippen LogP contribution in [0.3, 0.4) is 0 Å². The number of rotatable bonds is 9. The molecule has 0 atom stereocenters. The smallest absolute Gasteiger partial charge is 0.303 e. The molecule has 6 nitrogen and oxygen atoms in total. The van der Waals surface area contributed by atoms with E-state index in [-0.39, 0.29) is 19.3 Å². The zero-order chi connectivity index (χ0) is 15.1. The third-order valence-electron chi connectivity index (χ3n) is 3.04. The predicted octanol–water partition coefficient (Wildman–Crippen LogP) is 2.01. The fourth-order valence-corrected chi connectivity index (χ4v) is 3.54. The minimum absolute atomic E-state index is 0.0159. The van der Waals surface area contributed by atoms with E-state index in [1.54, 1.807) is 0 Å². The third-order valence-corrected chi connectivity index (χ3v) is 4.46. The monoisotopic (exact) mass is 300 g/mol. The molecule has 1 aliphatic heterocycles. The molecular formula is C13H17O6P. The van der Waals surface area contributed by atoms with Gasteiger partial charge in [-0.1, -0.05) is 13.8 Å². The van der Waals surface area contributed by atoms with E-state index in [2.05, 4.69) is 0 Å². The second-order valence-electron chi connectivity index (χ2n) is 4.53. The van der Waals surface area contributed by atoms with Crippen molar-refractivity contribution in [3.63, 3.8) is 0 Å². The van der Waals surface area contributed by atoms with Gasteiger partial charge in [0.15, 0.2) is 0 Å². The van der Waals surface area contributed by atoms with E-state index in [9.17, 15) is 14.4 Å². The molecular weight excluding hydrogens is 283 g/mol. The summed E-state index contributed by atoms with van der Waals surface area (Å²) in [5, 5.41) is 27.1. The van der Waals surface area contributed by atoms with E-state index in [0.717, 1.165) is 24.6 Å². The van der Waals surface area contributed by atoms with Gasteiger partial charge in [0, 0.05) is 25.4 Å². The topological polar surface area (TPSA) is 112 Å². The van der Waals surface area contributed by atoms with Crippen LogP contribution in [0.15, 0.2) is 11.1 Å². The van der Waals surface area contributed by atoms with Gasteiger partial charge >= 0.3 is 17.9 Å². The summed E-state index contributed by atoms with van der Waals surface area (Å²) in [6.07, 6.45) is 1.89. The molecule has 0 aromatic carbocycles. The Labute approximate surface area is 117 Å². The van der Waals surface area contributed by atoms with Gasteiger partial charge in [-0.05, 0) is 30.1 Å². The summed E-state index contributed by atoms with van der Waals surface area (Å²) in [6.45, 7) is 0. The van der Waals surface area contributed by atoms with E-state index < -0.39 is 17.9 Å². The van der Waals surface area contributed by atoms with Crippen LogP contribution >= 0.6 is 8.20 Å². The first kappa shape index (κ1) is 16.4. The van der Waals surface area contributed by atoms with Crippen molar-refractivity contribution in [3.05, 3.63) is 11.1 Å². The van der Waals surface area contributed by atoms with E-state index >= 15 is 0 Å². The minimum Gasteiger partial charge on any atom is -0.481 e. The maximum absolute atomic E-state index is 10.7. The number of allylic oxidation sites excluding steroid dienone is 2. The zero-order valence-corrected chi connectivity index (χ0v) is 11.9. The van der Waals surface area contributed by atoms with Crippen LogP contribution in [0.1, 0.15) is 38.5 Å². The molecule has 7 heteroatoms. The second kappa shape index (κ2) is 7.80. The molecule has 0 saturated carbocycles. The van der Waals surface area contributed by atoms with Gasteiger partial charge in [0.1, 0.15) is 0 Å². The molecule has 0 saturated heterocycles. The van der Waals surface area contributed by atoms with Crippen molar-refractivity contribution in [2.45, 2.75) is 38.5 Å². The first-order valence-corrected chi connectivity index (χ1v) is 7.38. The van der Waals surface area contributed by atoms with Crippen LogP contribution in [-0.4, -0.2) is 44.7 Å². The molecule has 1 heterocycles. The highest BCUT2D eigenvalue weighted by molar-refractivity contribution is 7.42. The zero-order valence-electron chi connectivity index (χ0n) is 11.0. The van der Waals surface area contributed by atoms with Gasteiger partial charge < -0.3 is 15.3 Å². The van der Waals surface area contributed by atoms with Crippen LogP contribution in [-0.2, 0) is 14.4 Å². The maximum Gasteiger partial charge on any atom is 0.303 e. The van der Waals surface area contributed by atoms with Crippen molar-refractivity contribution >= 4 is 31.4 Å². The average Bonchev–Trinajstić information content (AvgIpc) is 2.73. The van der Waals surface area contributed by atoms with E-state index in [1.165, 1.54) is 0 Å². The maximum atomic E-state index is 10.7. The summed E-state index contributed by atoms with van der Waals surface area (Å²) in [5.74, 6) is -2.67. The predicted molar refractivity (Wildman–Crippen MR) is 74.4 cm³/mol. The Balaban J connectivity index is 2.75. The van der Waals surface area contributed by atoms with E-state index in [0.29, 0.717) is 25.4 Å². The van der Waals surface area contributed by atoms with Gasteiger partial charge in [-0.15, -0.1) is 0 Å². The highest BCUT2D eigenvalue weighted by Gasteiger charge is 2.20. The lowest BCUT2D eigenvalue weighted by molar-refractivity contribution is -0.138. The molecule has 0 bridgehead atoms. The van der Waals surface area contributed by atoms with Crippen molar-refractivity contribution in [1.82, 2.24) is 0 Å². The van der Waals surface area contributed by atoms with Gasteiger partial charge in [0.25, 0.3) is 0 Å². The Bertz CT molecular complexity index is 477. The number of carboxylic acid groups (broad SMARTS) is 3. The molecule has 1 rings (SSSR count). The van der Waals surface area contributed by atoms with Gasteiger partial charge in [0.2, 0.25) is 0 Å². The molecule has 20 heavy (non-hydrogen) atoms. The Hall–Kier alpha value is -1.68. The first-order valence-electron chi connectivity index (χ1n) is 6.30. The van der Waals surface area contributed by atoms with Crippen LogP contribution < -0.4 is 0 Å². The van der Waals surface area contributed by atoms with E-state index in [4.69, 9.17) is 15.3 Å². The van der Waals surface area contributed by atoms with Gasteiger partial charge in [-0.25, -0.2) is 0 Å². The summed E-state index contributed by atoms with van der Waals surface area (Å²) < 4.78 is 0. The lowest BCUT2D eigenvalue weighted by Gasteiger charge is -2.09. The fraction of sp³-hybridized carbons (Fsp3) is 0.538. The number of carboxylic acids is 3. The summed E-state index contributed by atoms with van der Waals surface area (Å²) in [4.78, 5) is 31.9. The highest BCUT2D eigenvalue weighted by Crippen LogP contribution is 2.32. The van der Waals surface area contributed by atoms with Gasteiger partial charge in [-0.2, -0.15) is 0 Å². The molecule has 110 valence electrons. The van der Waals surface area contributed by atoms with Gasteiger partial charge in [0.05, 0.1) is 0 Å². The molecule has 0 unspecified atom stereocenters. The summed E-state index contributed by atoms with van der Waals surface area (Å²) >= 11 is 0. The van der Waals surface area contributed by atoms with Crippen molar-refractivity contribution in [2.75, 3.05) is 6.16 Å². The average molecular weight is 300 g/mol. The Morgan fingerprint density at radius 2 is 1.35 bits per heavy atom. The van der Waals surface area contributed by atoms with Gasteiger partial charge in [-0.3, -0.25) is 14.4 Å². The Morgan fingerprint density at radius 1 is 0.850 bits per heavy atom. The molecule has 0 aromatic rings. The quantitative estimate of drug-likeness (QED) is 0.561. The lowest BCUT2D eigenvalue weighted by atomic mass is 9.96. The van der Waals surface area contributed by atoms with Crippen LogP contribution in [0.25, 0.3) is 0 Å². The summed E-state index contributed by atoms with van der Waals surface area (Å²) in [5.41, 5.74) is 1.85. The van der Waals surface area contributed by atoms with E-state index in [1.807, 2.05) is 0 Å². The highest BCUT2D eigenvalue weighted by atomic mass is 31.1. The number of aliphatic carboxylic acids is 3. The van der Waals surface area contributed by atoms with Crippen molar-refractivity contribution in [3.8, 4) is 0 Å². The molecule has 0 amide bonds. The fourth-order valence-electron chi connectivity index (χ4n) is 2.08. The molecule has 0 fully saturated rings. The normalized spacial score (nSPS) is 15.1. The molecule has 1 aliphatic rings. The number of hydrogen-bond acceptors (Lipinski definition) is 3. The SMILES string of the molecule is O=C(O)CCC1=PCC(CCC(=O)O)=C1CCC(=O)O. The third kappa shape index (κ3) is 5.53. The molecule has 3 N–H and O–H groups in total. The van der Waals surface area contributed by atoms with Crippen molar-refractivity contribution < 1.29 is 29.7 Å². The Morgan fingerprint density at radius 3 is 1.90 bits per heavy atom.